The second-order valence-corrected chi connectivity index (χ2v) is 6.86. The maximum atomic E-state index is 13.6. The monoisotopic (exact) mass is 376 g/mol. The van der Waals surface area contributed by atoms with Crippen molar-refractivity contribution < 1.29 is 30.7 Å². The van der Waals surface area contributed by atoms with E-state index >= 15 is 0 Å². The van der Waals surface area contributed by atoms with Crippen LogP contribution in [0.2, 0.25) is 0 Å². The SMILES string of the molecule is CC(C)(C)c1ccc2ccccc2c1C#CC(F)(F)C(F)(F)C(F)(F)F. The third-order valence-corrected chi connectivity index (χ3v) is 3.83. The quantitative estimate of drug-likeness (QED) is 0.403. The van der Waals surface area contributed by atoms with Crippen LogP contribution in [0.4, 0.5) is 30.7 Å². The Morgan fingerprint density at radius 3 is 1.88 bits per heavy atom. The summed E-state index contributed by atoms with van der Waals surface area (Å²) in [6, 6.07) is 9.81. The highest BCUT2D eigenvalue weighted by molar-refractivity contribution is 5.89. The molecule has 2 aromatic carbocycles. The van der Waals surface area contributed by atoms with E-state index < -0.39 is 23.4 Å². The zero-order valence-electron chi connectivity index (χ0n) is 14.1. The summed E-state index contributed by atoms with van der Waals surface area (Å²) in [5.74, 6) is -9.03. The molecule has 140 valence electrons. The van der Waals surface area contributed by atoms with Crippen molar-refractivity contribution in [1.82, 2.24) is 0 Å². The van der Waals surface area contributed by atoms with Gasteiger partial charge in [0.2, 0.25) is 0 Å². The third kappa shape index (κ3) is 3.50. The molecule has 2 aromatic rings. The number of halogens is 7. The van der Waals surface area contributed by atoms with Gasteiger partial charge >= 0.3 is 18.0 Å². The van der Waals surface area contributed by atoms with Crippen LogP contribution in [0.15, 0.2) is 36.4 Å². The van der Waals surface area contributed by atoms with Crippen molar-refractivity contribution in [3.8, 4) is 11.8 Å². The third-order valence-electron chi connectivity index (χ3n) is 3.83. The van der Waals surface area contributed by atoms with Crippen LogP contribution >= 0.6 is 0 Å². The molecule has 0 aliphatic carbocycles. The van der Waals surface area contributed by atoms with Gasteiger partial charge in [-0.15, -0.1) is 0 Å². The molecule has 0 unspecified atom stereocenters. The van der Waals surface area contributed by atoms with Crippen LogP contribution in [0.5, 0.6) is 0 Å². The van der Waals surface area contributed by atoms with Gasteiger partial charge in [-0.3, -0.25) is 0 Å². The Balaban J connectivity index is 2.71. The van der Waals surface area contributed by atoms with Gasteiger partial charge < -0.3 is 0 Å². The summed E-state index contributed by atoms with van der Waals surface area (Å²) in [5, 5.41) is 1.01. The first-order valence-corrected chi connectivity index (χ1v) is 7.56. The molecule has 0 radical (unpaired) electrons. The fraction of sp³-hybridized carbons (Fsp3) is 0.368. The average Bonchev–Trinajstić information content (AvgIpc) is 2.50. The molecule has 0 aliphatic heterocycles. The molecule has 2 rings (SSSR count). The first kappa shape index (κ1) is 20.1. The lowest BCUT2D eigenvalue weighted by Gasteiger charge is -2.25. The molecular weight excluding hydrogens is 361 g/mol. The molecule has 0 fully saturated rings. The summed E-state index contributed by atoms with van der Waals surface area (Å²) < 4.78 is 90.1. The van der Waals surface area contributed by atoms with Crippen LogP contribution in [-0.2, 0) is 5.41 Å². The summed E-state index contributed by atoms with van der Waals surface area (Å²) >= 11 is 0. The Morgan fingerprint density at radius 2 is 1.35 bits per heavy atom. The fourth-order valence-corrected chi connectivity index (χ4v) is 2.43. The van der Waals surface area contributed by atoms with Crippen molar-refractivity contribution in [2.75, 3.05) is 0 Å². The molecule has 0 aromatic heterocycles. The molecule has 7 heteroatoms. The first-order valence-electron chi connectivity index (χ1n) is 7.56. The van der Waals surface area contributed by atoms with E-state index in [0.717, 1.165) is 5.92 Å². The molecule has 0 heterocycles. The van der Waals surface area contributed by atoms with E-state index in [9.17, 15) is 30.7 Å². The van der Waals surface area contributed by atoms with E-state index in [4.69, 9.17) is 0 Å². The largest absolute Gasteiger partial charge is 0.461 e. The molecule has 0 spiro atoms. The molecule has 0 nitrogen and oxygen atoms in total. The normalized spacial score (nSPS) is 13.5. The number of rotatable bonds is 1. The van der Waals surface area contributed by atoms with Crippen LogP contribution in [0.3, 0.4) is 0 Å². The molecule has 0 atom stereocenters. The smallest absolute Gasteiger partial charge is 0.188 e. The predicted molar refractivity (Wildman–Crippen MR) is 85.5 cm³/mol. The number of fused-ring (bicyclic) bond motifs is 1. The minimum atomic E-state index is -6.41. The Hall–Kier alpha value is -2.23. The second-order valence-electron chi connectivity index (χ2n) is 6.86. The van der Waals surface area contributed by atoms with Crippen molar-refractivity contribution >= 4 is 10.8 Å². The first-order chi connectivity index (χ1) is 11.7. The van der Waals surface area contributed by atoms with E-state index in [0.29, 0.717) is 16.3 Å². The number of alkyl halides is 7. The number of hydrogen-bond acceptors (Lipinski definition) is 0. The van der Waals surface area contributed by atoms with E-state index in [1.807, 2.05) is 5.92 Å². The minimum Gasteiger partial charge on any atom is -0.188 e. The summed E-state index contributed by atoms with van der Waals surface area (Å²) in [6.45, 7) is 5.26. The van der Waals surface area contributed by atoms with Gasteiger partial charge in [-0.25, -0.2) is 0 Å². The Bertz CT molecular complexity index is 875. The van der Waals surface area contributed by atoms with Gasteiger partial charge in [0.25, 0.3) is 0 Å². The van der Waals surface area contributed by atoms with E-state index in [1.165, 1.54) is 0 Å². The molecular formula is C19H15F7. The summed E-state index contributed by atoms with van der Waals surface area (Å²) in [6.07, 6.45) is -6.41. The van der Waals surface area contributed by atoms with Crippen LogP contribution in [0.1, 0.15) is 31.9 Å². The number of benzene rings is 2. The van der Waals surface area contributed by atoms with Crippen LogP contribution in [0, 0.1) is 11.8 Å². The van der Waals surface area contributed by atoms with Gasteiger partial charge in [-0.2, -0.15) is 30.7 Å². The highest BCUT2D eigenvalue weighted by Gasteiger charge is 2.72. The fourth-order valence-electron chi connectivity index (χ4n) is 2.43. The number of hydrogen-bond donors (Lipinski definition) is 0. The Labute approximate surface area is 146 Å². The van der Waals surface area contributed by atoms with Crippen LogP contribution in [0.25, 0.3) is 10.8 Å². The molecule has 0 saturated carbocycles. The predicted octanol–water partition coefficient (Wildman–Crippen LogP) is 6.32. The lowest BCUT2D eigenvalue weighted by molar-refractivity contribution is -0.339. The lowest BCUT2D eigenvalue weighted by atomic mass is 9.82. The zero-order valence-corrected chi connectivity index (χ0v) is 14.1. The highest BCUT2D eigenvalue weighted by Crippen LogP contribution is 2.46. The molecule has 0 bridgehead atoms. The molecule has 0 aliphatic rings. The lowest BCUT2D eigenvalue weighted by Crippen LogP contribution is -2.51. The van der Waals surface area contributed by atoms with E-state index in [-0.39, 0.29) is 5.56 Å². The van der Waals surface area contributed by atoms with Gasteiger partial charge in [-0.05, 0) is 27.7 Å². The molecule has 0 saturated heterocycles. The van der Waals surface area contributed by atoms with Crippen molar-refractivity contribution in [2.24, 2.45) is 0 Å². The standard InChI is InChI=1S/C19H15F7/c1-16(2,3)15-9-8-12-6-4-5-7-13(12)14(15)10-11-17(20,21)18(22,23)19(24,25)26/h4-9H,1-3H3. The van der Waals surface area contributed by atoms with Gasteiger partial charge in [0.05, 0.1) is 0 Å². The summed E-state index contributed by atoms with van der Waals surface area (Å²) in [5.41, 5.74) is -0.112. The van der Waals surface area contributed by atoms with Crippen molar-refractivity contribution in [3.05, 3.63) is 47.5 Å². The van der Waals surface area contributed by atoms with Gasteiger partial charge in [0.1, 0.15) is 0 Å². The average molecular weight is 376 g/mol. The Kier molecular flexibility index (Phi) is 4.78. The van der Waals surface area contributed by atoms with Crippen LogP contribution < -0.4 is 0 Å². The van der Waals surface area contributed by atoms with E-state index in [1.54, 1.807) is 57.2 Å². The minimum absolute atomic E-state index is 0.00764. The second kappa shape index (κ2) is 6.19. The van der Waals surface area contributed by atoms with Gasteiger partial charge in [-0.1, -0.05) is 63.1 Å². The van der Waals surface area contributed by atoms with Gasteiger partial charge in [0, 0.05) is 5.56 Å². The van der Waals surface area contributed by atoms with Crippen LogP contribution in [-0.4, -0.2) is 18.0 Å². The van der Waals surface area contributed by atoms with Crippen molar-refractivity contribution in [3.63, 3.8) is 0 Å². The maximum absolute atomic E-state index is 13.6. The summed E-state index contributed by atoms with van der Waals surface area (Å²) in [4.78, 5) is 0. The zero-order chi connectivity index (χ0) is 20.0. The van der Waals surface area contributed by atoms with Gasteiger partial charge in [0.15, 0.2) is 0 Å². The topological polar surface area (TPSA) is 0 Å². The van der Waals surface area contributed by atoms with Crippen molar-refractivity contribution in [2.45, 2.75) is 44.2 Å². The summed E-state index contributed by atoms with van der Waals surface area (Å²) in [7, 11) is 0. The van der Waals surface area contributed by atoms with Crippen molar-refractivity contribution in [1.29, 1.82) is 0 Å². The molecule has 26 heavy (non-hydrogen) atoms. The Morgan fingerprint density at radius 1 is 0.769 bits per heavy atom. The van der Waals surface area contributed by atoms with E-state index in [2.05, 4.69) is 0 Å². The molecule has 0 N–H and O–H groups in total. The maximum Gasteiger partial charge on any atom is 0.461 e. The molecule has 0 amide bonds. The highest BCUT2D eigenvalue weighted by atomic mass is 19.4.